The molecule has 0 aliphatic carbocycles. The van der Waals surface area contributed by atoms with E-state index in [0.29, 0.717) is 32.2 Å². The van der Waals surface area contributed by atoms with Gasteiger partial charge in [0.05, 0.1) is 19.9 Å². The number of thiazole rings is 1. The third-order valence-corrected chi connectivity index (χ3v) is 4.82. The first-order valence-corrected chi connectivity index (χ1v) is 9.45. The van der Waals surface area contributed by atoms with Gasteiger partial charge in [0.1, 0.15) is 9.88 Å². The number of aromatic nitrogens is 1. The molecular formula is C18H24N4O3S2. The predicted octanol–water partition coefficient (Wildman–Crippen LogP) is 3.04. The maximum atomic E-state index is 12.5. The molecule has 2 aromatic rings. The van der Waals surface area contributed by atoms with Crippen LogP contribution in [0.3, 0.4) is 0 Å². The van der Waals surface area contributed by atoms with Crippen LogP contribution in [0.5, 0.6) is 11.5 Å². The minimum atomic E-state index is -0.296. The Morgan fingerprint density at radius 1 is 1.15 bits per heavy atom. The van der Waals surface area contributed by atoms with Crippen LogP contribution in [0.15, 0.2) is 18.2 Å². The van der Waals surface area contributed by atoms with E-state index in [1.54, 1.807) is 21.1 Å². The van der Waals surface area contributed by atoms with Crippen LogP contribution in [0.1, 0.15) is 36.1 Å². The zero-order valence-corrected chi connectivity index (χ0v) is 17.9. The number of hydrogen-bond acceptors (Lipinski definition) is 6. The lowest BCUT2D eigenvalue weighted by atomic mass is 10.1. The molecule has 1 aromatic carbocycles. The molecule has 0 fully saturated rings. The molecule has 1 heterocycles. The quantitative estimate of drug-likeness (QED) is 0.530. The van der Waals surface area contributed by atoms with Crippen molar-refractivity contribution >= 4 is 34.6 Å². The highest BCUT2D eigenvalue weighted by molar-refractivity contribution is 7.80. The van der Waals surface area contributed by atoms with Crippen molar-refractivity contribution in [3.63, 3.8) is 0 Å². The number of hydrazine groups is 1. The largest absolute Gasteiger partial charge is 0.493 e. The molecule has 0 aliphatic rings. The van der Waals surface area contributed by atoms with Crippen molar-refractivity contribution in [3.05, 3.63) is 28.8 Å². The normalized spacial score (nSPS) is 10.9. The number of nitrogens with zero attached hydrogens (tertiary/aromatic N) is 1. The first-order chi connectivity index (χ1) is 12.6. The molecule has 7 nitrogen and oxygen atoms in total. The maximum Gasteiger partial charge on any atom is 0.281 e. The number of ether oxygens (including phenoxy) is 2. The number of thiocarbonyl (C=S) groups is 1. The summed E-state index contributed by atoms with van der Waals surface area (Å²) >= 11 is 6.46. The summed E-state index contributed by atoms with van der Waals surface area (Å²) in [5.74, 6) is 0.945. The molecule has 1 aromatic heterocycles. The van der Waals surface area contributed by atoms with Gasteiger partial charge in [-0.15, -0.1) is 11.3 Å². The molecule has 0 spiro atoms. The van der Waals surface area contributed by atoms with Gasteiger partial charge in [0.2, 0.25) is 0 Å². The summed E-state index contributed by atoms with van der Waals surface area (Å²) < 4.78 is 10.6. The highest BCUT2D eigenvalue weighted by atomic mass is 32.1. The second kappa shape index (κ2) is 8.53. The van der Waals surface area contributed by atoms with Gasteiger partial charge >= 0.3 is 0 Å². The van der Waals surface area contributed by atoms with E-state index in [-0.39, 0.29) is 11.4 Å². The van der Waals surface area contributed by atoms with Gasteiger partial charge in [0.15, 0.2) is 16.6 Å². The first-order valence-electron chi connectivity index (χ1n) is 8.23. The number of amides is 1. The highest BCUT2D eigenvalue weighted by Gasteiger charge is 2.18. The summed E-state index contributed by atoms with van der Waals surface area (Å²) in [6.45, 7) is 7.73. The number of carbonyl (C=O) groups is 1. The van der Waals surface area contributed by atoms with Gasteiger partial charge in [0.25, 0.3) is 5.91 Å². The minimum Gasteiger partial charge on any atom is -0.493 e. The standard InChI is InChI=1S/C18H24N4O3S2/c1-10-14(15(23)21-22-17(26)20-18(2,3)4)27-16(19-10)11-7-8-12(24-5)13(9-11)25-6/h7-9H,1-6H3,(H,21,23)(H2,20,22,26). The summed E-state index contributed by atoms with van der Waals surface area (Å²) in [5.41, 5.74) is 6.60. The molecule has 27 heavy (non-hydrogen) atoms. The Morgan fingerprint density at radius 3 is 2.41 bits per heavy atom. The second-order valence-electron chi connectivity index (χ2n) is 6.79. The van der Waals surface area contributed by atoms with Crippen molar-refractivity contribution in [2.24, 2.45) is 0 Å². The van der Waals surface area contributed by atoms with Crippen LogP contribution in [0.25, 0.3) is 10.6 Å². The lowest BCUT2D eigenvalue weighted by molar-refractivity contribution is 0.0946. The minimum absolute atomic E-state index is 0.199. The number of hydrogen-bond donors (Lipinski definition) is 3. The third-order valence-electron chi connectivity index (χ3n) is 3.41. The van der Waals surface area contributed by atoms with Crippen molar-refractivity contribution in [3.8, 4) is 22.1 Å². The SMILES string of the molecule is COc1ccc(-c2nc(C)c(C(=O)NNC(=S)NC(C)(C)C)s2)cc1OC. The Bertz CT molecular complexity index is 844. The zero-order valence-electron chi connectivity index (χ0n) is 16.2. The van der Waals surface area contributed by atoms with Gasteiger partial charge in [0, 0.05) is 11.1 Å². The van der Waals surface area contributed by atoms with E-state index in [1.165, 1.54) is 11.3 Å². The number of benzene rings is 1. The van der Waals surface area contributed by atoms with E-state index in [1.807, 2.05) is 39.0 Å². The fourth-order valence-electron chi connectivity index (χ4n) is 2.24. The van der Waals surface area contributed by atoms with Crippen LogP contribution in [0.2, 0.25) is 0 Å². The summed E-state index contributed by atoms with van der Waals surface area (Å²) in [6.07, 6.45) is 0. The van der Waals surface area contributed by atoms with Crippen molar-refractivity contribution in [2.45, 2.75) is 33.2 Å². The lowest BCUT2D eigenvalue weighted by Gasteiger charge is -2.22. The van der Waals surface area contributed by atoms with Gasteiger partial charge < -0.3 is 14.8 Å². The van der Waals surface area contributed by atoms with Crippen LogP contribution < -0.4 is 25.6 Å². The summed E-state index contributed by atoms with van der Waals surface area (Å²) in [7, 11) is 3.16. The second-order valence-corrected chi connectivity index (χ2v) is 8.19. The predicted molar refractivity (Wildman–Crippen MR) is 111 cm³/mol. The molecule has 0 saturated heterocycles. The molecule has 0 atom stereocenters. The van der Waals surface area contributed by atoms with Gasteiger partial charge in [-0.25, -0.2) is 4.98 Å². The van der Waals surface area contributed by atoms with E-state index in [9.17, 15) is 4.79 Å². The van der Waals surface area contributed by atoms with Crippen molar-refractivity contribution in [1.82, 2.24) is 21.2 Å². The number of methoxy groups -OCH3 is 2. The topological polar surface area (TPSA) is 84.5 Å². The lowest BCUT2D eigenvalue weighted by Crippen LogP contribution is -2.52. The molecule has 0 saturated carbocycles. The van der Waals surface area contributed by atoms with E-state index < -0.39 is 0 Å². The highest BCUT2D eigenvalue weighted by Crippen LogP contribution is 2.34. The van der Waals surface area contributed by atoms with Crippen LogP contribution >= 0.6 is 23.6 Å². The van der Waals surface area contributed by atoms with E-state index in [4.69, 9.17) is 21.7 Å². The van der Waals surface area contributed by atoms with Gasteiger partial charge in [-0.05, 0) is 58.1 Å². The number of carbonyl (C=O) groups excluding carboxylic acids is 1. The number of rotatable bonds is 4. The average molecular weight is 409 g/mol. The van der Waals surface area contributed by atoms with Crippen molar-refractivity contribution in [1.29, 1.82) is 0 Å². The first kappa shape index (κ1) is 20.9. The monoisotopic (exact) mass is 408 g/mol. The van der Waals surface area contributed by atoms with Crippen LogP contribution in [0, 0.1) is 6.92 Å². The van der Waals surface area contributed by atoms with Crippen LogP contribution in [0.4, 0.5) is 0 Å². The molecule has 0 unspecified atom stereocenters. The Kier molecular flexibility index (Phi) is 6.61. The molecule has 2 rings (SSSR count). The Balaban J connectivity index is 2.14. The van der Waals surface area contributed by atoms with E-state index in [0.717, 1.165) is 5.56 Å². The van der Waals surface area contributed by atoms with Gasteiger partial charge in [-0.1, -0.05) is 0 Å². The third kappa shape index (κ3) is 5.54. The molecule has 3 N–H and O–H groups in total. The maximum absolute atomic E-state index is 12.5. The van der Waals surface area contributed by atoms with Gasteiger partial charge in [-0.2, -0.15) is 0 Å². The molecule has 0 aliphatic heterocycles. The summed E-state index contributed by atoms with van der Waals surface area (Å²) in [4.78, 5) is 17.5. The smallest absolute Gasteiger partial charge is 0.281 e. The average Bonchev–Trinajstić information content (AvgIpc) is 2.99. The Hall–Kier alpha value is -2.39. The van der Waals surface area contributed by atoms with Crippen LogP contribution in [-0.2, 0) is 0 Å². The Morgan fingerprint density at radius 2 is 1.81 bits per heavy atom. The molecule has 0 radical (unpaired) electrons. The fourth-order valence-corrected chi connectivity index (χ4v) is 3.56. The molecule has 1 amide bonds. The van der Waals surface area contributed by atoms with Gasteiger partial charge in [-0.3, -0.25) is 15.6 Å². The molecular weight excluding hydrogens is 384 g/mol. The zero-order chi connectivity index (χ0) is 20.2. The summed E-state index contributed by atoms with van der Waals surface area (Å²) in [5, 5.41) is 4.12. The summed E-state index contributed by atoms with van der Waals surface area (Å²) in [6, 6.07) is 5.52. The van der Waals surface area contributed by atoms with Crippen molar-refractivity contribution < 1.29 is 14.3 Å². The molecule has 0 bridgehead atoms. The van der Waals surface area contributed by atoms with E-state index >= 15 is 0 Å². The molecule has 146 valence electrons. The number of aryl methyl sites for hydroxylation is 1. The van der Waals surface area contributed by atoms with E-state index in [2.05, 4.69) is 21.2 Å². The fraction of sp³-hybridized carbons (Fsp3) is 0.389. The molecule has 9 heteroatoms. The van der Waals surface area contributed by atoms with Crippen LogP contribution in [-0.4, -0.2) is 35.8 Å². The van der Waals surface area contributed by atoms with Crippen molar-refractivity contribution in [2.75, 3.05) is 14.2 Å². The number of nitrogens with one attached hydrogen (secondary N) is 3. The Labute approximate surface area is 168 Å².